The molecule has 1 saturated heterocycles. The first-order chi connectivity index (χ1) is 15.6. The van der Waals surface area contributed by atoms with Gasteiger partial charge in [-0.05, 0) is 43.9 Å². The van der Waals surface area contributed by atoms with Crippen molar-refractivity contribution in [2.24, 2.45) is 0 Å². The van der Waals surface area contributed by atoms with Crippen molar-refractivity contribution in [2.45, 2.75) is 58.4 Å². The summed E-state index contributed by atoms with van der Waals surface area (Å²) in [4.78, 5) is 29.6. The molecule has 2 atom stereocenters. The topological polar surface area (TPSA) is 72.2 Å². The molecule has 7 heteroatoms. The van der Waals surface area contributed by atoms with Crippen molar-refractivity contribution in [1.82, 2.24) is 9.80 Å². The Morgan fingerprint density at radius 3 is 2.62 bits per heavy atom. The highest BCUT2D eigenvalue weighted by molar-refractivity contribution is 5.85. The van der Waals surface area contributed by atoms with E-state index in [4.69, 9.17) is 13.9 Å². The molecule has 1 aromatic carbocycles. The van der Waals surface area contributed by atoms with E-state index in [2.05, 4.69) is 0 Å². The number of carbonyl (C=O) groups excluding carboxylic acids is 2. The Morgan fingerprint density at radius 2 is 1.97 bits per heavy atom. The van der Waals surface area contributed by atoms with E-state index in [1.54, 1.807) is 16.1 Å². The van der Waals surface area contributed by atoms with E-state index in [1.807, 2.05) is 56.3 Å². The van der Waals surface area contributed by atoms with E-state index in [-0.39, 0.29) is 37.1 Å². The van der Waals surface area contributed by atoms with E-state index in [0.29, 0.717) is 25.5 Å². The molecule has 3 rings (SSSR count). The lowest BCUT2D eigenvalue weighted by Gasteiger charge is -2.31. The Hall–Kier alpha value is -2.64. The van der Waals surface area contributed by atoms with Crippen LogP contribution in [0.1, 0.15) is 44.4 Å². The second-order valence-electron chi connectivity index (χ2n) is 8.25. The number of furan rings is 1. The summed E-state index contributed by atoms with van der Waals surface area (Å²) in [6.45, 7) is 5.85. The Labute approximate surface area is 190 Å². The molecule has 0 N–H and O–H groups in total. The predicted octanol–water partition coefficient (Wildman–Crippen LogP) is 3.63. The summed E-state index contributed by atoms with van der Waals surface area (Å²) in [5.74, 6) is 0.413. The van der Waals surface area contributed by atoms with Crippen molar-refractivity contribution in [3.63, 3.8) is 0 Å². The van der Waals surface area contributed by atoms with Crippen LogP contribution >= 0.6 is 0 Å². The standard InChI is InChI=1S/C25H34N2O5/c1-3-20(2)27(25(29)19-30-18-21-9-5-4-6-10-21)17-24(28)26(15-22-11-7-13-31-22)16-23-12-8-14-32-23/h4-7,9-11,13,20,23H,3,8,12,14-19H2,1-2H3/t20-,23-/m0/s1. The van der Waals surface area contributed by atoms with Gasteiger partial charge in [-0.1, -0.05) is 37.3 Å². The maximum Gasteiger partial charge on any atom is 0.249 e. The minimum atomic E-state index is -0.182. The molecule has 0 spiro atoms. The molecule has 0 bridgehead atoms. The van der Waals surface area contributed by atoms with Gasteiger partial charge in [0.05, 0.1) is 25.5 Å². The van der Waals surface area contributed by atoms with Gasteiger partial charge < -0.3 is 23.7 Å². The van der Waals surface area contributed by atoms with Crippen molar-refractivity contribution in [3.05, 3.63) is 60.1 Å². The number of ether oxygens (including phenoxy) is 2. The number of hydrogen-bond acceptors (Lipinski definition) is 5. The van der Waals surface area contributed by atoms with Crippen LogP contribution in [-0.4, -0.2) is 60.1 Å². The van der Waals surface area contributed by atoms with Crippen LogP contribution in [0.3, 0.4) is 0 Å². The van der Waals surface area contributed by atoms with Crippen LogP contribution in [0.5, 0.6) is 0 Å². The second-order valence-corrected chi connectivity index (χ2v) is 8.25. The van der Waals surface area contributed by atoms with E-state index in [1.165, 1.54) is 0 Å². The largest absolute Gasteiger partial charge is 0.467 e. The average Bonchev–Trinajstić information content (AvgIpc) is 3.51. The molecule has 0 unspecified atom stereocenters. The van der Waals surface area contributed by atoms with Crippen molar-refractivity contribution in [1.29, 1.82) is 0 Å². The Balaban J connectivity index is 1.61. The first-order valence-corrected chi connectivity index (χ1v) is 11.4. The summed E-state index contributed by atoms with van der Waals surface area (Å²) in [6, 6.07) is 13.3. The van der Waals surface area contributed by atoms with Gasteiger partial charge in [-0.15, -0.1) is 0 Å². The number of rotatable bonds is 12. The molecule has 0 radical (unpaired) electrons. The molecule has 1 fully saturated rings. The van der Waals surface area contributed by atoms with Crippen molar-refractivity contribution < 1.29 is 23.5 Å². The first kappa shape index (κ1) is 24.0. The fourth-order valence-corrected chi connectivity index (χ4v) is 3.75. The van der Waals surface area contributed by atoms with Gasteiger partial charge in [0.25, 0.3) is 0 Å². The zero-order valence-electron chi connectivity index (χ0n) is 19.1. The van der Waals surface area contributed by atoms with E-state index in [9.17, 15) is 9.59 Å². The number of hydrogen-bond donors (Lipinski definition) is 0. The second kappa shape index (κ2) is 12.4. The molecule has 2 aromatic rings. The van der Waals surface area contributed by atoms with Crippen molar-refractivity contribution >= 4 is 11.8 Å². The van der Waals surface area contributed by atoms with Crippen LogP contribution in [0, 0.1) is 0 Å². The van der Waals surface area contributed by atoms with Gasteiger partial charge in [0.1, 0.15) is 18.9 Å². The molecule has 32 heavy (non-hydrogen) atoms. The smallest absolute Gasteiger partial charge is 0.249 e. The maximum absolute atomic E-state index is 13.3. The first-order valence-electron chi connectivity index (χ1n) is 11.4. The minimum absolute atomic E-state index is 0.00989. The number of carbonyl (C=O) groups is 2. The molecule has 1 aliphatic rings. The lowest BCUT2D eigenvalue weighted by Crippen LogP contribution is -2.48. The molecule has 7 nitrogen and oxygen atoms in total. The lowest BCUT2D eigenvalue weighted by molar-refractivity contribution is -0.146. The Kier molecular flexibility index (Phi) is 9.31. The fraction of sp³-hybridized carbons (Fsp3) is 0.520. The normalized spacial score (nSPS) is 16.6. The van der Waals surface area contributed by atoms with Gasteiger partial charge in [-0.25, -0.2) is 0 Å². The van der Waals surface area contributed by atoms with Gasteiger partial charge >= 0.3 is 0 Å². The SMILES string of the molecule is CC[C@H](C)N(CC(=O)N(Cc1ccco1)C[C@@H]1CCCO1)C(=O)COCc1ccccc1. The summed E-state index contributed by atoms with van der Waals surface area (Å²) >= 11 is 0. The number of benzene rings is 1. The third-order valence-corrected chi connectivity index (χ3v) is 5.81. The van der Waals surface area contributed by atoms with Crippen LogP contribution in [0.15, 0.2) is 53.1 Å². The van der Waals surface area contributed by atoms with Gasteiger partial charge in [0.2, 0.25) is 11.8 Å². The van der Waals surface area contributed by atoms with Gasteiger partial charge in [-0.2, -0.15) is 0 Å². The molecular weight excluding hydrogens is 408 g/mol. The molecule has 2 heterocycles. The highest BCUT2D eigenvalue weighted by Crippen LogP contribution is 2.16. The highest BCUT2D eigenvalue weighted by atomic mass is 16.5. The van der Waals surface area contributed by atoms with Crippen LogP contribution in [0.25, 0.3) is 0 Å². The third kappa shape index (κ3) is 7.21. The Morgan fingerprint density at radius 1 is 1.16 bits per heavy atom. The van der Waals surface area contributed by atoms with Crippen molar-refractivity contribution in [2.75, 3.05) is 26.3 Å². The molecule has 1 aliphatic heterocycles. The van der Waals surface area contributed by atoms with Crippen LogP contribution < -0.4 is 0 Å². The highest BCUT2D eigenvalue weighted by Gasteiger charge is 2.28. The number of nitrogens with zero attached hydrogens (tertiary/aromatic N) is 2. The molecule has 0 saturated carbocycles. The molecule has 2 amide bonds. The summed E-state index contributed by atoms with van der Waals surface area (Å²) in [5.41, 5.74) is 1.01. The van der Waals surface area contributed by atoms with Crippen LogP contribution in [-0.2, 0) is 32.2 Å². The quantitative estimate of drug-likeness (QED) is 0.502. The van der Waals surface area contributed by atoms with Crippen LogP contribution in [0.2, 0.25) is 0 Å². The predicted molar refractivity (Wildman–Crippen MR) is 121 cm³/mol. The molecule has 1 aromatic heterocycles. The van der Waals surface area contributed by atoms with E-state index >= 15 is 0 Å². The zero-order valence-corrected chi connectivity index (χ0v) is 19.1. The molecule has 0 aliphatic carbocycles. The van der Waals surface area contributed by atoms with Crippen molar-refractivity contribution in [3.8, 4) is 0 Å². The Bertz CT molecular complexity index is 818. The third-order valence-electron chi connectivity index (χ3n) is 5.81. The van der Waals surface area contributed by atoms with Gasteiger partial charge in [-0.3, -0.25) is 9.59 Å². The van der Waals surface area contributed by atoms with Gasteiger partial charge in [0, 0.05) is 19.2 Å². The summed E-state index contributed by atoms with van der Waals surface area (Å²) in [5, 5.41) is 0. The van der Waals surface area contributed by atoms with E-state index < -0.39 is 0 Å². The summed E-state index contributed by atoms with van der Waals surface area (Å²) in [7, 11) is 0. The van der Waals surface area contributed by atoms with E-state index in [0.717, 1.165) is 31.4 Å². The minimum Gasteiger partial charge on any atom is -0.467 e. The lowest BCUT2D eigenvalue weighted by atomic mass is 10.2. The molecular formula is C25H34N2O5. The molecule has 174 valence electrons. The van der Waals surface area contributed by atoms with Gasteiger partial charge in [0.15, 0.2) is 0 Å². The fourth-order valence-electron chi connectivity index (χ4n) is 3.75. The zero-order chi connectivity index (χ0) is 22.8. The summed E-state index contributed by atoms with van der Waals surface area (Å²) in [6.07, 6.45) is 4.31. The van der Waals surface area contributed by atoms with Crippen LogP contribution in [0.4, 0.5) is 0 Å². The number of amides is 2. The monoisotopic (exact) mass is 442 g/mol. The maximum atomic E-state index is 13.3. The average molecular weight is 443 g/mol. The summed E-state index contributed by atoms with van der Waals surface area (Å²) < 4.78 is 16.8.